The monoisotopic (exact) mass is 499 g/mol. The Hall–Kier alpha value is -3.04. The van der Waals surface area contributed by atoms with Crippen LogP contribution in [-0.2, 0) is 17.8 Å². The molecule has 1 saturated heterocycles. The molecule has 4 heterocycles. The quantitative estimate of drug-likeness (QED) is 0.272. The van der Waals surface area contributed by atoms with Crippen LogP contribution in [0.4, 0.5) is 0 Å². The summed E-state index contributed by atoms with van der Waals surface area (Å²) >= 11 is 3.31. The van der Waals surface area contributed by atoms with E-state index in [4.69, 9.17) is 14.7 Å². The Morgan fingerprint density at radius 1 is 0.914 bits per heavy atom. The van der Waals surface area contributed by atoms with E-state index in [1.807, 2.05) is 24.5 Å². The number of thiophene rings is 1. The second kappa shape index (κ2) is 10.3. The molecule has 5 aromatic rings. The number of nitrogens with zero attached hydrogens (tertiary/aromatic N) is 5. The van der Waals surface area contributed by atoms with Gasteiger partial charge in [-0.15, -0.1) is 11.3 Å². The van der Waals surface area contributed by atoms with Crippen molar-refractivity contribution < 1.29 is 4.74 Å². The zero-order valence-corrected chi connectivity index (χ0v) is 20.8. The molecule has 0 aliphatic carbocycles. The number of morpholine rings is 1. The van der Waals surface area contributed by atoms with Crippen LogP contribution in [0, 0.1) is 0 Å². The summed E-state index contributed by atoms with van der Waals surface area (Å²) in [5, 5.41) is 5.19. The van der Waals surface area contributed by atoms with Crippen molar-refractivity contribution in [2.24, 2.45) is 0 Å². The van der Waals surface area contributed by atoms with Crippen LogP contribution in [0.2, 0.25) is 0 Å². The summed E-state index contributed by atoms with van der Waals surface area (Å²) in [6, 6.07) is 21.0. The largest absolute Gasteiger partial charge is 0.379 e. The minimum atomic E-state index is 0.726. The third-order valence-electron chi connectivity index (χ3n) is 6.06. The maximum Gasteiger partial charge on any atom is 0.174 e. The smallest absolute Gasteiger partial charge is 0.174 e. The number of imidazole rings is 1. The van der Waals surface area contributed by atoms with Crippen LogP contribution in [0.1, 0.15) is 11.4 Å². The Kier molecular flexibility index (Phi) is 6.60. The molecule has 0 radical (unpaired) electrons. The summed E-state index contributed by atoms with van der Waals surface area (Å²) in [6.07, 6.45) is 3.90. The second-order valence-corrected chi connectivity index (χ2v) is 10.3. The maximum absolute atomic E-state index is 5.52. The van der Waals surface area contributed by atoms with Gasteiger partial charge in [0.05, 0.1) is 25.1 Å². The van der Waals surface area contributed by atoms with Gasteiger partial charge in [-0.25, -0.2) is 15.0 Å². The van der Waals surface area contributed by atoms with Gasteiger partial charge in [-0.3, -0.25) is 4.90 Å². The first kappa shape index (κ1) is 22.4. The van der Waals surface area contributed by atoms with E-state index in [0.29, 0.717) is 0 Å². The van der Waals surface area contributed by atoms with Crippen molar-refractivity contribution in [2.45, 2.75) is 23.3 Å². The zero-order valence-electron chi connectivity index (χ0n) is 19.2. The molecule has 0 N–H and O–H groups in total. The summed E-state index contributed by atoms with van der Waals surface area (Å²) in [6.45, 7) is 4.84. The molecule has 3 aromatic heterocycles. The van der Waals surface area contributed by atoms with Crippen LogP contribution >= 0.6 is 23.1 Å². The number of aromatic nitrogens is 4. The summed E-state index contributed by atoms with van der Waals surface area (Å²) in [5.74, 6) is 0.851. The van der Waals surface area contributed by atoms with Crippen LogP contribution in [-0.4, -0.2) is 50.7 Å². The number of fused-ring (bicyclic) bond motifs is 1. The minimum Gasteiger partial charge on any atom is -0.379 e. The molecule has 0 bridgehead atoms. The fourth-order valence-corrected chi connectivity index (χ4v) is 6.29. The minimum absolute atomic E-state index is 0.726. The average molecular weight is 500 g/mol. The van der Waals surface area contributed by atoms with E-state index in [0.717, 1.165) is 65.6 Å². The number of ether oxygens (including phenoxy) is 1. The lowest BCUT2D eigenvalue weighted by Gasteiger charge is -2.25. The summed E-state index contributed by atoms with van der Waals surface area (Å²) in [5.41, 5.74) is 3.60. The van der Waals surface area contributed by atoms with Crippen molar-refractivity contribution in [3.63, 3.8) is 0 Å². The van der Waals surface area contributed by atoms with E-state index in [-0.39, 0.29) is 0 Å². The van der Waals surface area contributed by atoms with E-state index in [9.17, 15) is 0 Å². The van der Waals surface area contributed by atoms with Gasteiger partial charge in [0, 0.05) is 43.0 Å². The van der Waals surface area contributed by atoms with E-state index < -0.39 is 0 Å². The summed E-state index contributed by atoms with van der Waals surface area (Å²) in [4.78, 5) is 18.1. The van der Waals surface area contributed by atoms with Gasteiger partial charge in [0.25, 0.3) is 0 Å². The fourth-order valence-electron chi connectivity index (χ4n) is 4.27. The predicted octanol–water partition coefficient (Wildman–Crippen LogP) is 5.59. The van der Waals surface area contributed by atoms with Crippen LogP contribution in [0.5, 0.6) is 0 Å². The molecule has 0 atom stereocenters. The molecular weight excluding hydrogens is 474 g/mol. The van der Waals surface area contributed by atoms with Gasteiger partial charge in [0.1, 0.15) is 15.7 Å². The van der Waals surface area contributed by atoms with Gasteiger partial charge in [-0.2, -0.15) is 0 Å². The molecule has 0 unspecified atom stereocenters. The molecule has 2 aromatic carbocycles. The van der Waals surface area contributed by atoms with Crippen LogP contribution in [0.25, 0.3) is 21.3 Å². The van der Waals surface area contributed by atoms with E-state index in [1.54, 1.807) is 23.1 Å². The average Bonchev–Trinajstić information content (AvgIpc) is 3.53. The molecule has 0 saturated carbocycles. The standard InChI is InChI=1S/C27H25N5OS2/c1-3-7-20(8-4-1)17-32-12-11-28-27(32)35-26-24-22(21-9-5-2-6-10-21)19-34-25(24)29-23(30-26)18-31-13-15-33-16-14-31/h1-12,19H,13-18H2. The van der Waals surface area contributed by atoms with Crippen molar-refractivity contribution in [2.75, 3.05) is 26.3 Å². The highest BCUT2D eigenvalue weighted by molar-refractivity contribution is 7.99. The summed E-state index contributed by atoms with van der Waals surface area (Å²) in [7, 11) is 0. The topological polar surface area (TPSA) is 56.1 Å². The van der Waals surface area contributed by atoms with Gasteiger partial charge in [-0.1, -0.05) is 60.7 Å². The lowest BCUT2D eigenvalue weighted by Crippen LogP contribution is -2.36. The molecule has 0 spiro atoms. The van der Waals surface area contributed by atoms with Gasteiger partial charge in [0.2, 0.25) is 0 Å². The molecule has 8 heteroatoms. The first-order chi connectivity index (χ1) is 17.3. The second-order valence-electron chi connectivity index (χ2n) is 8.45. The Balaban J connectivity index is 1.39. The van der Waals surface area contributed by atoms with E-state index >= 15 is 0 Å². The molecule has 1 fully saturated rings. The number of rotatable bonds is 7. The molecule has 6 rings (SSSR count). The number of hydrogen-bond donors (Lipinski definition) is 0. The fraction of sp³-hybridized carbons (Fsp3) is 0.222. The van der Waals surface area contributed by atoms with E-state index in [2.05, 4.69) is 68.4 Å². The van der Waals surface area contributed by atoms with Crippen LogP contribution in [0.15, 0.2) is 88.6 Å². The molecule has 1 aliphatic heterocycles. The SMILES string of the molecule is c1ccc(Cn2ccnc2Sc2nc(CN3CCOCC3)nc3scc(-c4ccccc4)c23)cc1. The van der Waals surface area contributed by atoms with Crippen molar-refractivity contribution in [1.82, 2.24) is 24.4 Å². The van der Waals surface area contributed by atoms with Crippen molar-refractivity contribution in [1.29, 1.82) is 0 Å². The highest BCUT2D eigenvalue weighted by Crippen LogP contribution is 2.40. The first-order valence-electron chi connectivity index (χ1n) is 11.7. The molecule has 6 nitrogen and oxygen atoms in total. The Morgan fingerprint density at radius 2 is 1.69 bits per heavy atom. The third-order valence-corrected chi connectivity index (χ3v) is 7.94. The molecule has 1 aliphatic rings. The molecule has 0 amide bonds. The molecule has 35 heavy (non-hydrogen) atoms. The van der Waals surface area contributed by atoms with Gasteiger partial charge >= 0.3 is 0 Å². The maximum atomic E-state index is 5.52. The lowest BCUT2D eigenvalue weighted by atomic mass is 10.1. The predicted molar refractivity (Wildman–Crippen MR) is 141 cm³/mol. The molecular formula is C27H25N5OS2. The molecule has 176 valence electrons. The Labute approximate surface area is 212 Å². The highest BCUT2D eigenvalue weighted by Gasteiger charge is 2.20. The van der Waals surface area contributed by atoms with Crippen LogP contribution < -0.4 is 0 Å². The Bertz CT molecular complexity index is 1410. The zero-order chi connectivity index (χ0) is 23.5. The number of hydrogen-bond acceptors (Lipinski definition) is 7. The van der Waals surface area contributed by atoms with Crippen molar-refractivity contribution in [3.8, 4) is 11.1 Å². The summed E-state index contributed by atoms with van der Waals surface area (Å²) < 4.78 is 7.70. The van der Waals surface area contributed by atoms with Crippen molar-refractivity contribution in [3.05, 3.63) is 89.8 Å². The van der Waals surface area contributed by atoms with Gasteiger partial charge in [-0.05, 0) is 22.9 Å². The Morgan fingerprint density at radius 3 is 2.49 bits per heavy atom. The third kappa shape index (κ3) is 5.01. The van der Waals surface area contributed by atoms with E-state index in [1.165, 1.54) is 16.7 Å². The van der Waals surface area contributed by atoms with Crippen molar-refractivity contribution >= 4 is 33.3 Å². The van der Waals surface area contributed by atoms with Gasteiger partial charge < -0.3 is 9.30 Å². The lowest BCUT2D eigenvalue weighted by molar-refractivity contribution is 0.0330. The van der Waals surface area contributed by atoms with Gasteiger partial charge in [0.15, 0.2) is 5.16 Å². The normalized spacial score (nSPS) is 14.5. The first-order valence-corrected chi connectivity index (χ1v) is 13.4. The van der Waals surface area contributed by atoms with Crippen LogP contribution in [0.3, 0.4) is 0 Å². The highest BCUT2D eigenvalue weighted by atomic mass is 32.2. The number of benzene rings is 2.